The number of carboxylic acids is 1. The van der Waals surface area contributed by atoms with Crippen LogP contribution in [0.5, 0.6) is 0 Å². The Balaban J connectivity index is 2.14. The van der Waals surface area contributed by atoms with Crippen LogP contribution in [0.3, 0.4) is 0 Å². The topological polar surface area (TPSA) is 230 Å². The number of aliphatic hydroxyl groups is 1. The van der Waals surface area contributed by atoms with E-state index >= 15 is 0 Å². The Hall–Kier alpha value is -3.97. The van der Waals surface area contributed by atoms with Crippen LogP contribution in [0.4, 0.5) is 0 Å². The third kappa shape index (κ3) is 8.28. The van der Waals surface area contributed by atoms with Crippen molar-refractivity contribution < 1.29 is 34.2 Å². The average molecular weight is 533 g/mol. The maximum Gasteiger partial charge on any atom is 0.326 e. The second-order valence-electron chi connectivity index (χ2n) is 9.53. The number of nitrogens with one attached hydrogen (secondary N) is 4. The highest BCUT2D eigenvalue weighted by molar-refractivity contribution is 5.95. The third-order valence-corrected chi connectivity index (χ3v) is 6.06. The number of amides is 4. The normalized spacial score (nSPS) is 15.2. The van der Waals surface area contributed by atoms with Crippen LogP contribution in [-0.4, -0.2) is 75.1 Å². The summed E-state index contributed by atoms with van der Waals surface area (Å²) in [7, 11) is 0. The van der Waals surface area contributed by atoms with Gasteiger partial charge in [-0.2, -0.15) is 0 Å². The maximum absolute atomic E-state index is 13.0. The van der Waals surface area contributed by atoms with E-state index in [2.05, 4.69) is 20.9 Å². The number of para-hydroxylation sites is 1. The van der Waals surface area contributed by atoms with Crippen molar-refractivity contribution in [2.75, 3.05) is 0 Å². The van der Waals surface area contributed by atoms with Crippen LogP contribution in [-0.2, 0) is 30.4 Å². The van der Waals surface area contributed by atoms with E-state index in [4.69, 9.17) is 11.5 Å². The molecule has 2 aromatic rings. The summed E-state index contributed by atoms with van der Waals surface area (Å²) in [6.07, 6.45) is 0.0466. The number of carbonyl (C=O) groups excluding carboxylic acids is 4. The molecule has 0 aliphatic carbocycles. The summed E-state index contributed by atoms with van der Waals surface area (Å²) < 4.78 is 0. The number of aromatic nitrogens is 1. The van der Waals surface area contributed by atoms with Crippen LogP contribution in [0, 0.1) is 5.92 Å². The van der Waals surface area contributed by atoms with Gasteiger partial charge in [-0.25, -0.2) is 4.79 Å². The molecule has 0 radical (unpaired) electrons. The smallest absolute Gasteiger partial charge is 0.326 e. The predicted molar refractivity (Wildman–Crippen MR) is 138 cm³/mol. The molecule has 38 heavy (non-hydrogen) atoms. The van der Waals surface area contributed by atoms with Crippen LogP contribution in [0.15, 0.2) is 30.5 Å². The number of H-pyrrole nitrogens is 1. The third-order valence-electron chi connectivity index (χ3n) is 6.06. The van der Waals surface area contributed by atoms with Gasteiger partial charge >= 0.3 is 5.97 Å². The Morgan fingerprint density at radius 3 is 2.16 bits per heavy atom. The molecule has 2 rings (SSSR count). The van der Waals surface area contributed by atoms with Gasteiger partial charge in [0.25, 0.3) is 0 Å². The minimum atomic E-state index is -1.53. The first-order valence-electron chi connectivity index (χ1n) is 12.2. The molecule has 1 aromatic heterocycles. The highest BCUT2D eigenvalue weighted by Gasteiger charge is 2.33. The van der Waals surface area contributed by atoms with Crippen molar-refractivity contribution in [2.45, 2.75) is 70.3 Å². The lowest BCUT2D eigenvalue weighted by atomic mass is 10.0. The summed E-state index contributed by atoms with van der Waals surface area (Å²) in [5.74, 6) is -4.94. The Kier molecular flexibility index (Phi) is 10.8. The number of carboxylic acid groups (broad SMARTS) is 1. The Morgan fingerprint density at radius 1 is 0.947 bits per heavy atom. The van der Waals surface area contributed by atoms with Gasteiger partial charge in [-0.3, -0.25) is 19.2 Å². The number of aliphatic carboxylic acids is 1. The number of nitrogens with two attached hydrogens (primary N) is 2. The number of hydrogen-bond acceptors (Lipinski definition) is 7. The molecule has 5 atom stereocenters. The lowest BCUT2D eigenvalue weighted by Crippen LogP contribution is -2.60. The first-order valence-corrected chi connectivity index (χ1v) is 12.2. The van der Waals surface area contributed by atoms with E-state index in [-0.39, 0.29) is 19.3 Å². The zero-order valence-corrected chi connectivity index (χ0v) is 21.6. The summed E-state index contributed by atoms with van der Waals surface area (Å²) in [4.78, 5) is 64.5. The highest BCUT2D eigenvalue weighted by atomic mass is 16.4. The molecule has 13 nitrogen and oxygen atoms in total. The van der Waals surface area contributed by atoms with Crippen LogP contribution < -0.4 is 27.4 Å². The van der Waals surface area contributed by atoms with E-state index in [9.17, 15) is 34.2 Å². The van der Waals surface area contributed by atoms with Crippen molar-refractivity contribution in [3.63, 3.8) is 0 Å². The SMILES string of the molecule is CC(C)C(NC(=O)C(NC(=O)C(CCC(N)=O)NC(=O)C(N)Cc1c[nH]c2ccccc12)C(C)O)C(=O)O. The number of carbonyl (C=O) groups is 5. The zero-order valence-electron chi connectivity index (χ0n) is 21.6. The number of hydrogen-bond donors (Lipinski definition) is 8. The monoisotopic (exact) mass is 532 g/mol. The van der Waals surface area contributed by atoms with Gasteiger partial charge in [-0.1, -0.05) is 32.0 Å². The van der Waals surface area contributed by atoms with E-state index in [0.29, 0.717) is 0 Å². The first kappa shape index (κ1) is 30.3. The summed E-state index contributed by atoms with van der Waals surface area (Å²) in [5, 5.41) is 27.5. The fraction of sp³-hybridized carbons (Fsp3) is 0.480. The van der Waals surface area contributed by atoms with E-state index in [0.717, 1.165) is 16.5 Å². The Morgan fingerprint density at radius 2 is 1.58 bits per heavy atom. The second kappa shape index (κ2) is 13.5. The quantitative estimate of drug-likeness (QED) is 0.148. The maximum atomic E-state index is 13.0. The molecule has 10 N–H and O–H groups in total. The molecule has 0 saturated heterocycles. The molecule has 0 fully saturated rings. The average Bonchev–Trinajstić information content (AvgIpc) is 3.24. The summed E-state index contributed by atoms with van der Waals surface area (Å²) in [6, 6.07) is 2.33. The summed E-state index contributed by atoms with van der Waals surface area (Å²) >= 11 is 0. The van der Waals surface area contributed by atoms with Gasteiger partial charge in [0.1, 0.15) is 18.1 Å². The van der Waals surface area contributed by atoms with Crippen molar-refractivity contribution in [3.8, 4) is 0 Å². The largest absolute Gasteiger partial charge is 0.480 e. The lowest BCUT2D eigenvalue weighted by molar-refractivity contribution is -0.144. The molecule has 1 heterocycles. The van der Waals surface area contributed by atoms with Crippen LogP contribution >= 0.6 is 0 Å². The van der Waals surface area contributed by atoms with Crippen molar-refractivity contribution in [2.24, 2.45) is 17.4 Å². The summed E-state index contributed by atoms with van der Waals surface area (Å²) in [6.45, 7) is 4.41. The van der Waals surface area contributed by atoms with Crippen molar-refractivity contribution >= 4 is 40.5 Å². The molecule has 0 aliphatic rings. The first-order chi connectivity index (χ1) is 17.8. The van der Waals surface area contributed by atoms with Gasteiger partial charge in [0, 0.05) is 23.5 Å². The minimum absolute atomic E-state index is 0.157. The molecule has 5 unspecified atom stereocenters. The number of aromatic amines is 1. The summed E-state index contributed by atoms with van der Waals surface area (Å²) in [5.41, 5.74) is 13.0. The van der Waals surface area contributed by atoms with Gasteiger partial charge < -0.3 is 42.6 Å². The van der Waals surface area contributed by atoms with Crippen molar-refractivity contribution in [1.82, 2.24) is 20.9 Å². The van der Waals surface area contributed by atoms with Gasteiger partial charge in [0.15, 0.2) is 0 Å². The number of benzene rings is 1. The number of fused-ring (bicyclic) bond motifs is 1. The van der Waals surface area contributed by atoms with Gasteiger partial charge in [0.2, 0.25) is 23.6 Å². The van der Waals surface area contributed by atoms with Crippen molar-refractivity contribution in [3.05, 3.63) is 36.0 Å². The minimum Gasteiger partial charge on any atom is -0.480 e. The predicted octanol–water partition coefficient (Wildman–Crippen LogP) is -1.12. The van der Waals surface area contributed by atoms with Gasteiger partial charge in [0.05, 0.1) is 12.1 Å². The van der Waals surface area contributed by atoms with E-state index < -0.39 is 65.8 Å². The molecule has 0 bridgehead atoms. The van der Waals surface area contributed by atoms with Crippen molar-refractivity contribution in [1.29, 1.82) is 0 Å². The molecule has 13 heteroatoms. The van der Waals surface area contributed by atoms with Crippen LogP contribution in [0.25, 0.3) is 10.9 Å². The standard InChI is InChI=1S/C25H36N6O7/c1-12(2)20(25(37)38)30-24(36)21(13(3)32)31-23(35)18(8-9-19(27)33)29-22(34)16(26)10-14-11-28-17-7-5-4-6-15(14)17/h4-7,11-13,16,18,20-21,28,32H,8-10,26H2,1-3H3,(H2,27,33)(H,29,34)(H,30,36)(H,31,35)(H,37,38). The Bertz CT molecular complexity index is 1160. The van der Waals surface area contributed by atoms with Gasteiger partial charge in [-0.15, -0.1) is 0 Å². The second-order valence-corrected chi connectivity index (χ2v) is 9.53. The van der Waals surface area contributed by atoms with Gasteiger partial charge in [-0.05, 0) is 37.3 Å². The molecule has 0 saturated carbocycles. The molecular weight excluding hydrogens is 496 g/mol. The highest BCUT2D eigenvalue weighted by Crippen LogP contribution is 2.19. The van der Waals surface area contributed by atoms with E-state index in [1.165, 1.54) is 6.92 Å². The molecule has 208 valence electrons. The number of primary amides is 1. The molecule has 4 amide bonds. The molecule has 0 spiro atoms. The van der Waals surface area contributed by atoms with E-state index in [1.54, 1.807) is 20.0 Å². The molecular formula is C25H36N6O7. The number of aliphatic hydroxyl groups excluding tert-OH is 1. The van der Waals surface area contributed by atoms with E-state index in [1.807, 2.05) is 24.3 Å². The number of rotatable bonds is 14. The fourth-order valence-electron chi connectivity index (χ4n) is 3.88. The Labute approximate surface area is 219 Å². The molecule has 1 aromatic carbocycles. The van der Waals surface area contributed by atoms with Crippen LogP contribution in [0.2, 0.25) is 0 Å². The fourth-order valence-corrected chi connectivity index (χ4v) is 3.88. The lowest BCUT2D eigenvalue weighted by Gasteiger charge is -2.27. The molecule has 0 aliphatic heterocycles. The van der Waals surface area contributed by atoms with Crippen LogP contribution in [0.1, 0.15) is 39.2 Å². The zero-order chi connectivity index (χ0) is 28.6.